The molecular weight excluding hydrogens is 448 g/mol. The minimum atomic E-state index is -0.00795. The van der Waals surface area contributed by atoms with E-state index in [0.717, 1.165) is 42.7 Å². The third-order valence-electron chi connectivity index (χ3n) is 5.65. The van der Waals surface area contributed by atoms with Crippen molar-refractivity contribution in [2.75, 3.05) is 13.2 Å². The topological polar surface area (TPSA) is 53.4 Å². The fourth-order valence-corrected chi connectivity index (χ4v) is 4.07. The molecule has 0 saturated carbocycles. The Morgan fingerprint density at radius 1 is 0.824 bits per heavy atom. The van der Waals surface area contributed by atoms with Gasteiger partial charge in [-0.15, -0.1) is 0 Å². The van der Waals surface area contributed by atoms with Gasteiger partial charge in [0.1, 0.15) is 5.82 Å². The highest BCUT2D eigenvalue weighted by molar-refractivity contribution is 6.30. The molecule has 0 radical (unpaired) electrons. The molecule has 0 fully saturated rings. The minimum Gasteiger partial charge on any atom is -0.490 e. The van der Waals surface area contributed by atoms with Crippen molar-refractivity contribution in [3.8, 4) is 22.9 Å². The Kier molecular flexibility index (Phi) is 8.21. The first-order valence-electron chi connectivity index (χ1n) is 11.8. The van der Waals surface area contributed by atoms with E-state index in [1.807, 2.05) is 79.7 Å². The number of nitrogens with zero attached hydrogens (tertiary/aromatic N) is 2. The fraction of sp³-hybridized carbons (Fsp3) is 0.286. The molecule has 0 aliphatic carbocycles. The Hall–Kier alpha value is -3.31. The molecule has 0 bridgehead atoms. The molecule has 0 atom stereocenters. The molecule has 1 heterocycles. The van der Waals surface area contributed by atoms with Gasteiger partial charge >= 0.3 is 0 Å². The maximum atomic E-state index is 13.3. The Balaban J connectivity index is 1.38. The van der Waals surface area contributed by atoms with Gasteiger partial charge in [-0.1, -0.05) is 48.7 Å². The first kappa shape index (κ1) is 23.8. The zero-order chi connectivity index (χ0) is 23.8. The highest BCUT2D eigenvalue weighted by atomic mass is 35.5. The molecule has 4 aromatic rings. The van der Waals surface area contributed by atoms with E-state index in [2.05, 4.69) is 0 Å². The van der Waals surface area contributed by atoms with Crippen LogP contribution in [0.25, 0.3) is 22.3 Å². The van der Waals surface area contributed by atoms with Crippen molar-refractivity contribution < 1.29 is 9.47 Å². The van der Waals surface area contributed by atoms with Gasteiger partial charge in [0.15, 0.2) is 11.5 Å². The van der Waals surface area contributed by atoms with E-state index in [9.17, 15) is 4.79 Å². The average Bonchev–Trinajstić information content (AvgIpc) is 2.86. The lowest BCUT2D eigenvalue weighted by Crippen LogP contribution is -2.23. The lowest BCUT2D eigenvalue weighted by Gasteiger charge is -2.14. The second-order valence-corrected chi connectivity index (χ2v) is 8.50. The fourth-order valence-electron chi connectivity index (χ4n) is 3.95. The molecule has 1 aromatic heterocycles. The number of unbranched alkanes of at least 4 members (excludes halogenated alkanes) is 3. The van der Waals surface area contributed by atoms with Crippen LogP contribution in [0.3, 0.4) is 0 Å². The molecule has 0 N–H and O–H groups in total. The number of ether oxygens (including phenoxy) is 2. The molecule has 0 saturated heterocycles. The molecule has 3 aromatic carbocycles. The van der Waals surface area contributed by atoms with E-state index in [4.69, 9.17) is 26.1 Å². The summed E-state index contributed by atoms with van der Waals surface area (Å²) in [5.74, 6) is 2.24. The van der Waals surface area contributed by atoms with E-state index in [-0.39, 0.29) is 5.56 Å². The van der Waals surface area contributed by atoms with Crippen LogP contribution >= 0.6 is 11.6 Å². The van der Waals surface area contributed by atoms with Gasteiger partial charge in [0.25, 0.3) is 5.56 Å². The number of benzene rings is 3. The van der Waals surface area contributed by atoms with E-state index >= 15 is 0 Å². The average molecular weight is 477 g/mol. The number of rotatable bonds is 11. The van der Waals surface area contributed by atoms with Crippen LogP contribution < -0.4 is 15.0 Å². The molecule has 0 aliphatic heterocycles. The Labute approximate surface area is 204 Å². The van der Waals surface area contributed by atoms with Gasteiger partial charge in [0.05, 0.1) is 24.1 Å². The lowest BCUT2D eigenvalue weighted by atomic mass is 10.1. The Morgan fingerprint density at radius 2 is 1.50 bits per heavy atom. The highest BCUT2D eigenvalue weighted by Gasteiger charge is 2.12. The van der Waals surface area contributed by atoms with Crippen LogP contribution in [-0.2, 0) is 6.54 Å². The number of para-hydroxylation sites is 3. The molecule has 4 rings (SSSR count). The van der Waals surface area contributed by atoms with Gasteiger partial charge < -0.3 is 9.47 Å². The van der Waals surface area contributed by atoms with E-state index in [1.165, 1.54) is 0 Å². The first-order valence-corrected chi connectivity index (χ1v) is 12.2. The van der Waals surface area contributed by atoms with Gasteiger partial charge in [-0.25, -0.2) is 4.98 Å². The van der Waals surface area contributed by atoms with Gasteiger partial charge in [-0.05, 0) is 68.3 Å². The molecule has 0 aliphatic rings. The van der Waals surface area contributed by atoms with Crippen molar-refractivity contribution in [1.29, 1.82) is 0 Å². The number of fused-ring (bicyclic) bond motifs is 1. The second-order valence-electron chi connectivity index (χ2n) is 8.06. The summed E-state index contributed by atoms with van der Waals surface area (Å²) < 4.78 is 13.3. The lowest BCUT2D eigenvalue weighted by molar-refractivity contribution is 0.270. The number of hydrogen-bond acceptors (Lipinski definition) is 4. The summed E-state index contributed by atoms with van der Waals surface area (Å²) in [6, 6.07) is 22.7. The number of halogens is 1. The summed E-state index contributed by atoms with van der Waals surface area (Å²) in [6.07, 6.45) is 3.84. The van der Waals surface area contributed by atoms with Crippen LogP contribution in [0.1, 0.15) is 32.6 Å². The van der Waals surface area contributed by atoms with Crippen LogP contribution in [0, 0.1) is 0 Å². The third kappa shape index (κ3) is 5.78. The summed E-state index contributed by atoms with van der Waals surface area (Å²) in [4.78, 5) is 18.1. The first-order chi connectivity index (χ1) is 16.7. The van der Waals surface area contributed by atoms with Crippen molar-refractivity contribution >= 4 is 22.5 Å². The standard InChI is InChI=1S/C28H29ClN2O3/c1-2-33-25-13-7-8-14-26(25)34-20-10-4-3-9-19-31-27(21-15-17-22(29)18-16-21)30-24-12-6-5-11-23(24)28(31)32/h5-8,11-18H,2-4,9-10,19-20H2,1H3. The molecular formula is C28H29ClN2O3. The maximum Gasteiger partial charge on any atom is 0.261 e. The van der Waals surface area contributed by atoms with Crippen LogP contribution in [0.5, 0.6) is 11.5 Å². The molecule has 5 nitrogen and oxygen atoms in total. The zero-order valence-electron chi connectivity index (χ0n) is 19.4. The van der Waals surface area contributed by atoms with Crippen molar-refractivity contribution in [2.45, 2.75) is 39.2 Å². The van der Waals surface area contributed by atoms with Crippen molar-refractivity contribution in [2.24, 2.45) is 0 Å². The van der Waals surface area contributed by atoms with Crippen LogP contribution in [-0.4, -0.2) is 22.8 Å². The van der Waals surface area contributed by atoms with E-state index < -0.39 is 0 Å². The van der Waals surface area contributed by atoms with Crippen molar-refractivity contribution in [1.82, 2.24) is 9.55 Å². The summed E-state index contributed by atoms with van der Waals surface area (Å²) in [5, 5.41) is 1.30. The SMILES string of the molecule is CCOc1ccccc1OCCCCCCn1c(-c2ccc(Cl)cc2)nc2ccccc2c1=O. The molecule has 0 unspecified atom stereocenters. The smallest absolute Gasteiger partial charge is 0.261 e. The summed E-state index contributed by atoms with van der Waals surface area (Å²) in [5.41, 5.74) is 1.58. The van der Waals surface area contributed by atoms with Crippen LogP contribution in [0.2, 0.25) is 5.02 Å². The second kappa shape index (κ2) is 11.7. The minimum absolute atomic E-state index is 0.00795. The largest absolute Gasteiger partial charge is 0.490 e. The quantitative estimate of drug-likeness (QED) is 0.224. The zero-order valence-corrected chi connectivity index (χ0v) is 20.1. The predicted octanol–water partition coefficient (Wildman–Crippen LogP) is 6.76. The monoisotopic (exact) mass is 476 g/mol. The third-order valence-corrected chi connectivity index (χ3v) is 5.90. The van der Waals surface area contributed by atoms with E-state index in [0.29, 0.717) is 41.5 Å². The van der Waals surface area contributed by atoms with Gasteiger partial charge in [-0.3, -0.25) is 9.36 Å². The highest BCUT2D eigenvalue weighted by Crippen LogP contribution is 2.26. The van der Waals surface area contributed by atoms with Gasteiger partial charge in [0, 0.05) is 17.1 Å². The summed E-state index contributed by atoms with van der Waals surface area (Å²) in [6.45, 7) is 3.83. The predicted molar refractivity (Wildman–Crippen MR) is 138 cm³/mol. The number of aromatic nitrogens is 2. The molecule has 0 spiro atoms. The van der Waals surface area contributed by atoms with Crippen molar-refractivity contribution in [3.05, 3.63) is 88.2 Å². The Bertz CT molecular complexity index is 1290. The normalized spacial score (nSPS) is 11.0. The number of hydrogen-bond donors (Lipinski definition) is 0. The molecule has 34 heavy (non-hydrogen) atoms. The molecule has 176 valence electrons. The van der Waals surface area contributed by atoms with Crippen LogP contribution in [0.15, 0.2) is 77.6 Å². The van der Waals surface area contributed by atoms with Gasteiger partial charge in [-0.2, -0.15) is 0 Å². The Morgan fingerprint density at radius 3 is 2.26 bits per heavy atom. The summed E-state index contributed by atoms with van der Waals surface area (Å²) >= 11 is 6.07. The molecule has 0 amide bonds. The molecule has 6 heteroatoms. The maximum absolute atomic E-state index is 13.3. The van der Waals surface area contributed by atoms with Crippen molar-refractivity contribution in [3.63, 3.8) is 0 Å². The summed E-state index contributed by atoms with van der Waals surface area (Å²) in [7, 11) is 0. The van der Waals surface area contributed by atoms with Crippen LogP contribution in [0.4, 0.5) is 0 Å². The van der Waals surface area contributed by atoms with Gasteiger partial charge in [0.2, 0.25) is 0 Å². The van der Waals surface area contributed by atoms with E-state index in [1.54, 1.807) is 4.57 Å².